The molecule has 0 saturated carbocycles. The predicted octanol–water partition coefficient (Wildman–Crippen LogP) is 2.01. The van der Waals surface area contributed by atoms with Crippen LogP contribution in [0.25, 0.3) is 10.9 Å². The van der Waals surface area contributed by atoms with Crippen molar-refractivity contribution in [2.75, 3.05) is 0 Å². The first-order valence-electron chi connectivity index (χ1n) is 4.48. The second-order valence-corrected chi connectivity index (χ2v) is 3.06. The van der Waals surface area contributed by atoms with Crippen LogP contribution in [0.5, 0.6) is 0 Å². The molecule has 2 aromatic heterocycles. The van der Waals surface area contributed by atoms with Crippen molar-refractivity contribution in [3.8, 4) is 0 Å². The van der Waals surface area contributed by atoms with Crippen molar-refractivity contribution in [1.29, 1.82) is 0 Å². The van der Waals surface area contributed by atoms with Gasteiger partial charge in [0.15, 0.2) is 0 Å². The second kappa shape index (κ2) is 2.59. The maximum Gasteiger partial charge on any atom is 0.0841 e. The number of hydrogen-bond acceptors (Lipinski definition) is 2. The zero-order chi connectivity index (χ0) is 9.42. The highest BCUT2D eigenvalue weighted by atomic mass is 15.3. The van der Waals surface area contributed by atoms with Crippen LogP contribution in [0.4, 0.5) is 0 Å². The van der Waals surface area contributed by atoms with Gasteiger partial charge in [0.2, 0.25) is 0 Å². The van der Waals surface area contributed by atoms with E-state index in [9.17, 15) is 0 Å². The van der Waals surface area contributed by atoms with E-state index in [0.717, 1.165) is 10.9 Å². The molecule has 0 aliphatic heterocycles. The van der Waals surface area contributed by atoms with Gasteiger partial charge in [-0.15, -0.1) is 0 Å². The summed E-state index contributed by atoms with van der Waals surface area (Å²) in [6.07, 6.45) is 3.75. The highest BCUT2D eigenvalue weighted by Crippen LogP contribution is 2.15. The van der Waals surface area contributed by atoms with Gasteiger partial charge in [0.1, 0.15) is 0 Å². The van der Waals surface area contributed by atoms with Crippen LogP contribution in [0.3, 0.4) is 0 Å². The van der Waals surface area contributed by atoms with Crippen LogP contribution in [0.15, 0.2) is 24.6 Å². The minimum absolute atomic E-state index is 0.287. The Balaban J connectivity index is 2.71. The molecule has 0 bridgehead atoms. The molecule has 12 heavy (non-hydrogen) atoms. The van der Waals surface area contributed by atoms with Crippen LogP contribution >= 0.6 is 0 Å². The molecule has 0 aliphatic rings. The highest BCUT2D eigenvalue weighted by molar-refractivity contribution is 5.77. The minimum Gasteiger partial charge on any atom is -0.264 e. The molecule has 0 N–H and O–H groups in total. The third-order valence-electron chi connectivity index (χ3n) is 1.83. The van der Waals surface area contributed by atoms with Crippen LogP contribution < -0.4 is 0 Å². The molecule has 0 amide bonds. The summed E-state index contributed by atoms with van der Waals surface area (Å²) in [7, 11) is 0. The molecule has 0 atom stereocenters. The maximum atomic E-state index is 7.40. The summed E-state index contributed by atoms with van der Waals surface area (Å²) in [6, 6.07) is 2.06. The fourth-order valence-corrected chi connectivity index (χ4v) is 1.25. The van der Waals surface area contributed by atoms with E-state index in [1.54, 1.807) is 18.5 Å². The van der Waals surface area contributed by atoms with Gasteiger partial charge in [0.05, 0.1) is 13.1 Å². The van der Waals surface area contributed by atoms with E-state index in [-0.39, 0.29) is 6.17 Å². The second-order valence-electron chi connectivity index (χ2n) is 3.06. The van der Waals surface area contributed by atoms with Crippen LogP contribution in [0.1, 0.15) is 21.3 Å². The average Bonchev–Trinajstić information content (AvgIpc) is 2.46. The number of hydrogen-bond donors (Lipinski definition) is 0. The van der Waals surface area contributed by atoms with Crippen molar-refractivity contribution in [2.45, 2.75) is 19.9 Å². The first-order valence-corrected chi connectivity index (χ1v) is 3.98. The van der Waals surface area contributed by atoms with E-state index in [4.69, 9.17) is 1.37 Å². The summed E-state index contributed by atoms with van der Waals surface area (Å²) in [6.45, 7) is 4.13. The minimum atomic E-state index is 0.287. The molecule has 2 aromatic rings. The Morgan fingerprint density at radius 2 is 2.33 bits per heavy atom. The molecular weight excluding hydrogens is 150 g/mol. The Morgan fingerprint density at radius 3 is 3.08 bits per heavy atom. The summed E-state index contributed by atoms with van der Waals surface area (Å²) in [5.74, 6) is 0. The largest absolute Gasteiger partial charge is 0.264 e. The van der Waals surface area contributed by atoms with E-state index in [2.05, 4.69) is 23.9 Å². The molecule has 3 heteroatoms. The van der Waals surface area contributed by atoms with E-state index in [0.29, 0.717) is 6.04 Å². The van der Waals surface area contributed by atoms with Gasteiger partial charge in [-0.05, 0) is 19.9 Å². The SMILES string of the molecule is [2H]c1cc2c(cn1)cnn2C(C)C. The highest BCUT2D eigenvalue weighted by Gasteiger charge is 2.03. The number of fused-ring (bicyclic) bond motifs is 1. The quantitative estimate of drug-likeness (QED) is 0.642. The lowest BCUT2D eigenvalue weighted by Gasteiger charge is -2.05. The van der Waals surface area contributed by atoms with Gasteiger partial charge in [-0.25, -0.2) is 0 Å². The monoisotopic (exact) mass is 162 g/mol. The van der Waals surface area contributed by atoms with Crippen molar-refractivity contribution in [3.05, 3.63) is 24.6 Å². The van der Waals surface area contributed by atoms with Crippen LogP contribution in [0, 0.1) is 0 Å². The summed E-state index contributed by atoms with van der Waals surface area (Å²) in [5.41, 5.74) is 0.981. The number of aromatic nitrogens is 3. The smallest absolute Gasteiger partial charge is 0.0841 e. The van der Waals surface area contributed by atoms with Crippen molar-refractivity contribution in [3.63, 3.8) is 0 Å². The predicted molar refractivity (Wildman–Crippen MR) is 47.9 cm³/mol. The number of pyridine rings is 1. The third-order valence-corrected chi connectivity index (χ3v) is 1.83. The fraction of sp³-hybridized carbons (Fsp3) is 0.333. The molecule has 62 valence electrons. The molecule has 0 radical (unpaired) electrons. The van der Waals surface area contributed by atoms with Gasteiger partial charge in [0, 0.05) is 23.8 Å². The zero-order valence-electron chi connectivity index (χ0n) is 8.15. The first kappa shape index (κ1) is 6.17. The molecule has 0 saturated heterocycles. The molecule has 0 fully saturated rings. The van der Waals surface area contributed by atoms with Gasteiger partial charge in [-0.2, -0.15) is 5.10 Å². The molecule has 2 heterocycles. The Kier molecular flexibility index (Phi) is 1.33. The Morgan fingerprint density at radius 1 is 1.50 bits per heavy atom. The Hall–Kier alpha value is -1.38. The first-order chi connectivity index (χ1) is 6.18. The molecule has 0 aromatic carbocycles. The van der Waals surface area contributed by atoms with Crippen LogP contribution in [0.2, 0.25) is 0 Å². The Labute approximate surface area is 72.4 Å². The average molecular weight is 162 g/mol. The topological polar surface area (TPSA) is 30.7 Å². The van der Waals surface area contributed by atoms with E-state index >= 15 is 0 Å². The molecular formula is C9H11N3. The summed E-state index contributed by atoms with van der Waals surface area (Å²) in [4.78, 5) is 3.89. The van der Waals surface area contributed by atoms with Gasteiger partial charge in [0.25, 0.3) is 0 Å². The van der Waals surface area contributed by atoms with Crippen molar-refractivity contribution >= 4 is 10.9 Å². The van der Waals surface area contributed by atoms with Crippen molar-refractivity contribution < 1.29 is 1.37 Å². The maximum absolute atomic E-state index is 7.40. The lowest BCUT2D eigenvalue weighted by atomic mass is 10.3. The van der Waals surface area contributed by atoms with Gasteiger partial charge in [-0.1, -0.05) is 0 Å². The standard InChI is InChI=1S/C9H11N3/c1-7(2)12-9-3-4-10-5-8(9)6-11-12/h3-7H,1-2H3/i4D. The Bertz CT molecular complexity index is 433. The molecule has 0 unspecified atom stereocenters. The number of nitrogens with zero attached hydrogens (tertiary/aromatic N) is 3. The van der Waals surface area contributed by atoms with Crippen LogP contribution in [-0.2, 0) is 0 Å². The lowest BCUT2D eigenvalue weighted by molar-refractivity contribution is 0.551. The normalized spacial score (nSPS) is 12.4. The van der Waals surface area contributed by atoms with Crippen LogP contribution in [-0.4, -0.2) is 14.8 Å². The molecule has 0 aliphatic carbocycles. The summed E-state index contributed by atoms with van der Waals surface area (Å²) in [5, 5.41) is 5.22. The van der Waals surface area contributed by atoms with Gasteiger partial charge < -0.3 is 0 Å². The van der Waals surface area contributed by atoms with Gasteiger partial charge in [-0.3, -0.25) is 9.67 Å². The zero-order valence-corrected chi connectivity index (χ0v) is 7.15. The van der Waals surface area contributed by atoms with E-state index < -0.39 is 0 Å². The summed E-state index contributed by atoms with van der Waals surface area (Å²) >= 11 is 0. The molecule has 3 nitrogen and oxygen atoms in total. The van der Waals surface area contributed by atoms with Gasteiger partial charge >= 0.3 is 0 Å². The number of rotatable bonds is 1. The third kappa shape index (κ3) is 0.978. The lowest BCUT2D eigenvalue weighted by Crippen LogP contribution is -2.01. The van der Waals surface area contributed by atoms with Crippen molar-refractivity contribution in [1.82, 2.24) is 14.8 Å². The fourth-order valence-electron chi connectivity index (χ4n) is 1.25. The van der Waals surface area contributed by atoms with E-state index in [1.807, 2.05) is 4.68 Å². The molecule has 2 rings (SSSR count). The van der Waals surface area contributed by atoms with E-state index in [1.165, 1.54) is 0 Å². The molecule has 0 spiro atoms. The van der Waals surface area contributed by atoms with Crippen molar-refractivity contribution in [2.24, 2.45) is 0 Å². The summed E-state index contributed by atoms with van der Waals surface area (Å²) < 4.78 is 9.30.